The molecule has 0 bridgehead atoms. The summed E-state index contributed by atoms with van der Waals surface area (Å²) >= 11 is 0. The Kier molecular flexibility index (Phi) is 4.98. The highest BCUT2D eigenvalue weighted by Crippen LogP contribution is 2.31. The number of amides is 1. The largest absolute Gasteiger partial charge is 0.493 e. The minimum atomic E-state index is -1.10. The molecule has 18 heavy (non-hydrogen) atoms. The van der Waals surface area contributed by atoms with E-state index in [0.29, 0.717) is 23.5 Å². The van der Waals surface area contributed by atoms with Crippen molar-refractivity contribution in [1.82, 2.24) is 5.32 Å². The van der Waals surface area contributed by atoms with Gasteiger partial charge in [0.2, 0.25) is 6.41 Å². The maximum Gasteiger partial charge on any atom is 0.326 e. The number of carboxylic acids is 1. The van der Waals surface area contributed by atoms with Crippen LogP contribution in [-0.4, -0.2) is 37.7 Å². The number of rotatable bonds is 7. The molecule has 0 saturated heterocycles. The van der Waals surface area contributed by atoms with E-state index in [9.17, 15) is 9.59 Å². The number of carbonyl (C=O) groups excluding carboxylic acids is 1. The summed E-state index contributed by atoms with van der Waals surface area (Å²) < 4.78 is 10.3. The molecule has 6 heteroatoms. The fourth-order valence-corrected chi connectivity index (χ4v) is 1.63. The summed E-state index contributed by atoms with van der Waals surface area (Å²) in [5, 5.41) is 11.2. The van der Waals surface area contributed by atoms with E-state index in [4.69, 9.17) is 14.6 Å². The van der Waals surface area contributed by atoms with E-state index in [-0.39, 0.29) is 6.42 Å². The molecule has 0 aliphatic rings. The summed E-state index contributed by atoms with van der Waals surface area (Å²) in [4.78, 5) is 21.3. The van der Waals surface area contributed by atoms with Gasteiger partial charge in [-0.1, -0.05) is 12.1 Å². The van der Waals surface area contributed by atoms with Crippen LogP contribution in [0, 0.1) is 0 Å². The van der Waals surface area contributed by atoms with Crippen LogP contribution >= 0.6 is 0 Å². The second kappa shape index (κ2) is 6.48. The Labute approximate surface area is 105 Å². The van der Waals surface area contributed by atoms with Crippen LogP contribution in [0.4, 0.5) is 0 Å². The van der Waals surface area contributed by atoms with Crippen molar-refractivity contribution in [3.05, 3.63) is 23.8 Å². The maximum absolute atomic E-state index is 11.0. The molecule has 0 aliphatic heterocycles. The fourth-order valence-electron chi connectivity index (χ4n) is 1.63. The zero-order chi connectivity index (χ0) is 13.5. The van der Waals surface area contributed by atoms with E-state index < -0.39 is 12.0 Å². The molecule has 1 unspecified atom stereocenters. The van der Waals surface area contributed by atoms with Gasteiger partial charge >= 0.3 is 5.97 Å². The van der Waals surface area contributed by atoms with Gasteiger partial charge in [-0.2, -0.15) is 0 Å². The number of nitrogens with one attached hydrogen (secondary N) is 1. The van der Waals surface area contributed by atoms with Crippen LogP contribution in [0.2, 0.25) is 0 Å². The number of carboxylic acid groups (broad SMARTS) is 1. The van der Waals surface area contributed by atoms with Crippen molar-refractivity contribution in [2.75, 3.05) is 14.2 Å². The van der Waals surface area contributed by atoms with Gasteiger partial charge in [0.05, 0.1) is 14.2 Å². The third kappa shape index (κ3) is 3.13. The number of methoxy groups -OCH3 is 2. The first-order chi connectivity index (χ1) is 8.63. The Morgan fingerprint density at radius 1 is 1.44 bits per heavy atom. The molecule has 1 aromatic carbocycles. The molecule has 98 valence electrons. The van der Waals surface area contributed by atoms with Crippen LogP contribution in [0.5, 0.6) is 11.5 Å². The van der Waals surface area contributed by atoms with Gasteiger partial charge in [0.25, 0.3) is 0 Å². The van der Waals surface area contributed by atoms with Crippen molar-refractivity contribution in [2.45, 2.75) is 12.5 Å². The topological polar surface area (TPSA) is 84.9 Å². The summed E-state index contributed by atoms with van der Waals surface area (Å²) in [6, 6.07) is 4.18. The van der Waals surface area contributed by atoms with Gasteiger partial charge in [0, 0.05) is 12.0 Å². The Morgan fingerprint density at radius 2 is 2.17 bits per heavy atom. The van der Waals surface area contributed by atoms with Crippen molar-refractivity contribution in [2.24, 2.45) is 0 Å². The van der Waals surface area contributed by atoms with Crippen LogP contribution < -0.4 is 14.8 Å². The quantitative estimate of drug-likeness (QED) is 0.689. The van der Waals surface area contributed by atoms with Crippen LogP contribution in [0.15, 0.2) is 18.2 Å². The van der Waals surface area contributed by atoms with Crippen molar-refractivity contribution < 1.29 is 24.2 Å². The minimum Gasteiger partial charge on any atom is -0.493 e. The molecule has 0 aliphatic carbocycles. The molecule has 1 atom stereocenters. The van der Waals surface area contributed by atoms with Crippen LogP contribution in [0.25, 0.3) is 0 Å². The Bertz CT molecular complexity index is 432. The molecule has 0 saturated carbocycles. The Hall–Kier alpha value is -2.24. The van der Waals surface area contributed by atoms with Gasteiger partial charge in [0.15, 0.2) is 11.5 Å². The van der Waals surface area contributed by atoms with Crippen molar-refractivity contribution in [1.29, 1.82) is 0 Å². The van der Waals surface area contributed by atoms with E-state index in [1.54, 1.807) is 18.2 Å². The van der Waals surface area contributed by atoms with Gasteiger partial charge in [-0.05, 0) is 6.07 Å². The minimum absolute atomic E-state index is 0.119. The first-order valence-corrected chi connectivity index (χ1v) is 5.26. The molecule has 0 fully saturated rings. The number of para-hydroxylation sites is 1. The van der Waals surface area contributed by atoms with Crippen molar-refractivity contribution in [3.8, 4) is 11.5 Å². The highest BCUT2D eigenvalue weighted by molar-refractivity contribution is 5.76. The molecule has 0 heterocycles. The maximum atomic E-state index is 11.0. The summed E-state index contributed by atoms with van der Waals surface area (Å²) in [6.45, 7) is 0. The predicted octanol–water partition coefficient (Wildman–Crippen LogP) is 0.445. The summed E-state index contributed by atoms with van der Waals surface area (Å²) in [6.07, 6.45) is 0.486. The zero-order valence-corrected chi connectivity index (χ0v) is 10.2. The molecule has 0 aromatic heterocycles. The first kappa shape index (κ1) is 13.8. The second-order valence-electron chi connectivity index (χ2n) is 3.53. The molecule has 6 nitrogen and oxygen atoms in total. The Balaban J connectivity index is 3.01. The van der Waals surface area contributed by atoms with Gasteiger partial charge < -0.3 is 19.9 Å². The van der Waals surface area contributed by atoms with Gasteiger partial charge in [-0.25, -0.2) is 4.79 Å². The second-order valence-corrected chi connectivity index (χ2v) is 3.53. The van der Waals surface area contributed by atoms with Crippen LogP contribution in [0.3, 0.4) is 0 Å². The van der Waals surface area contributed by atoms with Gasteiger partial charge in [0.1, 0.15) is 6.04 Å². The lowest BCUT2D eigenvalue weighted by atomic mass is 10.0. The van der Waals surface area contributed by atoms with E-state index in [1.807, 2.05) is 0 Å². The van der Waals surface area contributed by atoms with Gasteiger partial charge in [-0.3, -0.25) is 4.79 Å². The van der Waals surface area contributed by atoms with Gasteiger partial charge in [-0.15, -0.1) is 0 Å². The number of benzene rings is 1. The Morgan fingerprint density at radius 3 is 2.67 bits per heavy atom. The average Bonchev–Trinajstić information content (AvgIpc) is 2.37. The molecule has 1 aromatic rings. The smallest absolute Gasteiger partial charge is 0.326 e. The lowest BCUT2D eigenvalue weighted by Crippen LogP contribution is -2.37. The number of ether oxygens (including phenoxy) is 2. The number of aliphatic carboxylic acids is 1. The standard InChI is InChI=1S/C12H15NO5/c1-17-10-5-3-4-8(11(10)18-2)6-9(12(15)16)13-7-14/h3-5,7,9H,6H2,1-2H3,(H,13,14)(H,15,16). The predicted molar refractivity (Wildman–Crippen MR) is 63.9 cm³/mol. The molecule has 0 spiro atoms. The van der Waals surface area contributed by atoms with Crippen molar-refractivity contribution >= 4 is 12.4 Å². The number of hydrogen-bond acceptors (Lipinski definition) is 4. The average molecular weight is 253 g/mol. The van der Waals surface area contributed by atoms with E-state index in [2.05, 4.69) is 5.32 Å². The van der Waals surface area contributed by atoms with Crippen molar-refractivity contribution in [3.63, 3.8) is 0 Å². The summed E-state index contributed by atoms with van der Waals surface area (Å²) in [7, 11) is 2.98. The highest BCUT2D eigenvalue weighted by Gasteiger charge is 2.20. The van der Waals surface area contributed by atoms with E-state index in [0.717, 1.165) is 0 Å². The lowest BCUT2D eigenvalue weighted by molar-refractivity contribution is -0.140. The number of hydrogen-bond donors (Lipinski definition) is 2. The molecular formula is C12H15NO5. The number of carbonyl (C=O) groups is 2. The summed E-state index contributed by atoms with van der Waals surface area (Å²) in [5.74, 6) is -0.115. The monoisotopic (exact) mass is 253 g/mol. The zero-order valence-electron chi connectivity index (χ0n) is 10.2. The first-order valence-electron chi connectivity index (χ1n) is 5.26. The third-order valence-electron chi connectivity index (χ3n) is 2.48. The van der Waals surface area contributed by atoms with E-state index >= 15 is 0 Å². The molecule has 0 radical (unpaired) electrons. The SMILES string of the molecule is COc1cccc(CC(NC=O)C(=O)O)c1OC. The van der Waals surface area contributed by atoms with E-state index in [1.165, 1.54) is 14.2 Å². The fraction of sp³-hybridized carbons (Fsp3) is 0.333. The van der Waals surface area contributed by atoms with Crippen LogP contribution in [-0.2, 0) is 16.0 Å². The molecule has 1 rings (SSSR count). The molecule has 1 amide bonds. The lowest BCUT2D eigenvalue weighted by Gasteiger charge is -2.15. The van der Waals surface area contributed by atoms with Crippen LogP contribution in [0.1, 0.15) is 5.56 Å². The molecule has 2 N–H and O–H groups in total. The summed E-state index contributed by atoms with van der Waals surface area (Å²) in [5.41, 5.74) is 0.651. The molecular weight excluding hydrogens is 238 g/mol. The third-order valence-corrected chi connectivity index (χ3v) is 2.48. The normalized spacial score (nSPS) is 11.4. The highest BCUT2D eigenvalue weighted by atomic mass is 16.5.